The molecule has 1 N–H and O–H groups in total. The number of amides is 3. The molecular weight excluding hydrogens is 521 g/mol. The van der Waals surface area contributed by atoms with Crippen LogP contribution in [0.1, 0.15) is 35.3 Å². The SMILES string of the molecule is CC(C)CNC(=O)[C@H](Cc1ccccc1)N(Cc1ccc(F)cc1)C(=O)CN1C(=O)c2ccccc2S1(=O)=O. The Balaban J connectivity index is 1.70. The Hall–Kier alpha value is -4.05. The number of benzene rings is 3. The summed E-state index contributed by atoms with van der Waals surface area (Å²) in [7, 11) is -4.24. The summed E-state index contributed by atoms with van der Waals surface area (Å²) in [5.74, 6) is -2.26. The first-order valence-electron chi connectivity index (χ1n) is 12.6. The number of fused-ring (bicyclic) bond motifs is 1. The summed E-state index contributed by atoms with van der Waals surface area (Å²) in [5.41, 5.74) is 1.32. The van der Waals surface area contributed by atoms with Crippen molar-refractivity contribution in [2.75, 3.05) is 13.1 Å². The van der Waals surface area contributed by atoms with E-state index in [4.69, 9.17) is 0 Å². The monoisotopic (exact) mass is 551 g/mol. The highest BCUT2D eigenvalue weighted by molar-refractivity contribution is 7.90. The van der Waals surface area contributed by atoms with Gasteiger partial charge in [-0.15, -0.1) is 0 Å². The molecule has 0 saturated carbocycles. The maximum atomic E-state index is 13.8. The van der Waals surface area contributed by atoms with Gasteiger partial charge in [-0.25, -0.2) is 17.1 Å². The standard InChI is InChI=1S/C29H30FN3O5S/c1-20(2)17-31-28(35)25(16-21-8-4-3-5-9-21)32(18-22-12-14-23(30)15-13-22)27(34)19-33-29(36)24-10-6-7-11-26(24)39(33,37)38/h3-15,20,25H,16-19H2,1-2H3,(H,31,35)/t25-/m0/s1. The summed E-state index contributed by atoms with van der Waals surface area (Å²) < 4.78 is 40.4. The van der Waals surface area contributed by atoms with Crippen molar-refractivity contribution in [1.29, 1.82) is 0 Å². The molecule has 0 spiro atoms. The molecule has 8 nitrogen and oxygen atoms in total. The van der Waals surface area contributed by atoms with Gasteiger partial charge in [0.1, 0.15) is 23.3 Å². The smallest absolute Gasteiger partial charge is 0.269 e. The number of carbonyl (C=O) groups excluding carboxylic acids is 3. The average Bonchev–Trinajstić information content (AvgIpc) is 3.11. The number of hydrogen-bond acceptors (Lipinski definition) is 5. The van der Waals surface area contributed by atoms with Gasteiger partial charge in [-0.1, -0.05) is 68.4 Å². The van der Waals surface area contributed by atoms with Crippen molar-refractivity contribution in [3.8, 4) is 0 Å². The van der Waals surface area contributed by atoms with E-state index < -0.39 is 46.1 Å². The van der Waals surface area contributed by atoms with E-state index >= 15 is 0 Å². The van der Waals surface area contributed by atoms with Gasteiger partial charge in [0.2, 0.25) is 11.8 Å². The van der Waals surface area contributed by atoms with Crippen molar-refractivity contribution in [3.63, 3.8) is 0 Å². The van der Waals surface area contributed by atoms with E-state index in [0.717, 1.165) is 5.56 Å². The molecule has 1 aliphatic heterocycles. The van der Waals surface area contributed by atoms with E-state index in [9.17, 15) is 27.2 Å². The van der Waals surface area contributed by atoms with E-state index in [1.165, 1.54) is 47.4 Å². The molecule has 39 heavy (non-hydrogen) atoms. The molecule has 0 fully saturated rings. The summed E-state index contributed by atoms with van der Waals surface area (Å²) in [4.78, 5) is 41.4. The first kappa shape index (κ1) is 28.0. The lowest BCUT2D eigenvalue weighted by atomic mass is 10.0. The van der Waals surface area contributed by atoms with Gasteiger partial charge in [-0.2, -0.15) is 0 Å². The maximum Gasteiger partial charge on any atom is 0.269 e. The minimum absolute atomic E-state index is 0.00843. The van der Waals surface area contributed by atoms with Crippen molar-refractivity contribution >= 4 is 27.7 Å². The Kier molecular flexibility index (Phi) is 8.44. The highest BCUT2D eigenvalue weighted by atomic mass is 32.2. The third-order valence-corrected chi connectivity index (χ3v) is 8.20. The van der Waals surface area contributed by atoms with Gasteiger partial charge < -0.3 is 10.2 Å². The van der Waals surface area contributed by atoms with Gasteiger partial charge in [-0.3, -0.25) is 14.4 Å². The van der Waals surface area contributed by atoms with Crippen molar-refractivity contribution in [1.82, 2.24) is 14.5 Å². The second-order valence-corrected chi connectivity index (χ2v) is 11.6. The largest absolute Gasteiger partial charge is 0.354 e. The molecule has 1 aliphatic rings. The first-order chi connectivity index (χ1) is 18.6. The van der Waals surface area contributed by atoms with Crippen LogP contribution < -0.4 is 5.32 Å². The van der Waals surface area contributed by atoms with Crippen molar-refractivity contribution < 1.29 is 27.2 Å². The van der Waals surface area contributed by atoms with Crippen LogP contribution >= 0.6 is 0 Å². The number of rotatable bonds is 10. The Morgan fingerprint density at radius 3 is 2.21 bits per heavy atom. The average molecular weight is 552 g/mol. The molecule has 0 radical (unpaired) electrons. The molecule has 0 aliphatic carbocycles. The summed E-state index contributed by atoms with van der Waals surface area (Å²) in [6, 6.07) is 19.3. The number of nitrogens with one attached hydrogen (secondary N) is 1. The minimum Gasteiger partial charge on any atom is -0.354 e. The molecule has 3 aromatic carbocycles. The number of hydrogen-bond donors (Lipinski definition) is 1. The number of sulfonamides is 1. The summed E-state index contributed by atoms with van der Waals surface area (Å²) in [5, 5.41) is 2.87. The Labute approximate surface area is 227 Å². The number of halogens is 1. The lowest BCUT2D eigenvalue weighted by molar-refractivity contribution is -0.141. The fourth-order valence-electron chi connectivity index (χ4n) is 4.36. The second kappa shape index (κ2) is 11.8. The van der Waals surface area contributed by atoms with Crippen LogP contribution in [0.3, 0.4) is 0 Å². The molecule has 0 saturated heterocycles. The lowest BCUT2D eigenvalue weighted by Crippen LogP contribution is -2.53. The van der Waals surface area contributed by atoms with Crippen molar-refractivity contribution in [2.24, 2.45) is 5.92 Å². The predicted molar refractivity (Wildman–Crippen MR) is 143 cm³/mol. The molecule has 0 unspecified atom stereocenters. The van der Waals surface area contributed by atoms with Gasteiger partial charge in [0.15, 0.2) is 0 Å². The van der Waals surface area contributed by atoms with E-state index in [1.807, 2.05) is 44.2 Å². The van der Waals surface area contributed by atoms with Gasteiger partial charge in [-0.05, 0) is 41.3 Å². The quantitative estimate of drug-likeness (QED) is 0.416. The third-order valence-electron chi connectivity index (χ3n) is 6.41. The highest BCUT2D eigenvalue weighted by Crippen LogP contribution is 2.30. The van der Waals surface area contributed by atoms with Crippen LogP contribution in [0.15, 0.2) is 83.8 Å². The Bertz CT molecular complexity index is 1460. The fraction of sp³-hybridized carbons (Fsp3) is 0.276. The van der Waals surface area contributed by atoms with E-state index in [-0.39, 0.29) is 29.3 Å². The molecule has 4 rings (SSSR count). The topological polar surface area (TPSA) is 104 Å². The summed E-state index contributed by atoms with van der Waals surface area (Å²) >= 11 is 0. The third kappa shape index (κ3) is 6.34. The van der Waals surface area contributed by atoms with Crippen molar-refractivity contribution in [3.05, 3.63) is 101 Å². The Morgan fingerprint density at radius 1 is 0.923 bits per heavy atom. The zero-order chi connectivity index (χ0) is 28.2. The molecule has 204 valence electrons. The number of carbonyl (C=O) groups is 3. The van der Waals surface area contributed by atoms with Crippen LogP contribution in [-0.4, -0.2) is 54.5 Å². The number of nitrogens with zero attached hydrogens (tertiary/aromatic N) is 2. The zero-order valence-electron chi connectivity index (χ0n) is 21.7. The molecule has 1 heterocycles. The van der Waals surface area contributed by atoms with Crippen LogP contribution in [0.2, 0.25) is 0 Å². The van der Waals surface area contributed by atoms with E-state index in [0.29, 0.717) is 16.4 Å². The van der Waals surface area contributed by atoms with Crippen LogP contribution in [0.4, 0.5) is 4.39 Å². The summed E-state index contributed by atoms with van der Waals surface area (Å²) in [6.45, 7) is 3.38. The highest BCUT2D eigenvalue weighted by Gasteiger charge is 2.43. The van der Waals surface area contributed by atoms with Gasteiger partial charge >= 0.3 is 0 Å². The van der Waals surface area contributed by atoms with Gasteiger partial charge in [0.05, 0.1) is 5.56 Å². The van der Waals surface area contributed by atoms with Crippen molar-refractivity contribution in [2.45, 2.75) is 37.8 Å². The van der Waals surface area contributed by atoms with Crippen LogP contribution in [-0.2, 0) is 32.6 Å². The molecule has 0 bridgehead atoms. The molecule has 3 amide bonds. The zero-order valence-corrected chi connectivity index (χ0v) is 22.5. The Morgan fingerprint density at radius 2 is 1.56 bits per heavy atom. The van der Waals surface area contributed by atoms with E-state index in [2.05, 4.69) is 5.32 Å². The summed E-state index contributed by atoms with van der Waals surface area (Å²) in [6.07, 6.45) is 0.151. The first-order valence-corrected chi connectivity index (χ1v) is 14.0. The molecule has 0 aromatic heterocycles. The van der Waals surface area contributed by atoms with Gasteiger partial charge in [0, 0.05) is 19.5 Å². The minimum atomic E-state index is -4.24. The van der Waals surface area contributed by atoms with Gasteiger partial charge in [0.25, 0.3) is 15.9 Å². The molecule has 1 atom stereocenters. The molecule has 10 heteroatoms. The van der Waals surface area contributed by atoms with Crippen LogP contribution in [0, 0.1) is 11.7 Å². The fourth-order valence-corrected chi connectivity index (χ4v) is 5.88. The normalized spacial score (nSPS) is 14.7. The predicted octanol–water partition coefficient (Wildman–Crippen LogP) is 3.38. The van der Waals surface area contributed by atoms with Crippen LogP contribution in [0.25, 0.3) is 0 Å². The van der Waals surface area contributed by atoms with Crippen LogP contribution in [0.5, 0.6) is 0 Å². The molecular formula is C29H30FN3O5S. The molecule has 3 aromatic rings. The second-order valence-electron chi connectivity index (χ2n) is 9.81. The maximum absolute atomic E-state index is 13.8. The van der Waals surface area contributed by atoms with E-state index in [1.54, 1.807) is 6.07 Å². The lowest BCUT2D eigenvalue weighted by Gasteiger charge is -2.32.